The topological polar surface area (TPSA) is 69.7 Å². The maximum atomic E-state index is 12.3. The van der Waals surface area contributed by atoms with Crippen LogP contribution in [0.15, 0.2) is 66.0 Å². The van der Waals surface area contributed by atoms with Gasteiger partial charge in [-0.2, -0.15) is 0 Å². The van der Waals surface area contributed by atoms with Gasteiger partial charge in [-0.3, -0.25) is 9.59 Å². The molecule has 2 rings (SSSR count). The fraction of sp³-hybridized carbons (Fsp3) is 0.211. The van der Waals surface area contributed by atoms with Gasteiger partial charge in [-0.05, 0) is 19.1 Å². The third-order valence-corrected chi connectivity index (χ3v) is 3.30. The molecule has 1 aromatic rings. The summed E-state index contributed by atoms with van der Waals surface area (Å²) in [4.78, 5) is 35.6. The van der Waals surface area contributed by atoms with Crippen LogP contribution in [0.3, 0.4) is 0 Å². The SMILES string of the molecule is C=C(C)C(=O)OCCOC1=CC=C(C(=O)c2ccccc2)C(=O)C1. The summed E-state index contributed by atoms with van der Waals surface area (Å²) in [6.07, 6.45) is 3.08. The third-order valence-electron chi connectivity index (χ3n) is 3.30. The van der Waals surface area contributed by atoms with E-state index >= 15 is 0 Å². The van der Waals surface area contributed by atoms with Gasteiger partial charge in [0.2, 0.25) is 0 Å². The fourth-order valence-corrected chi connectivity index (χ4v) is 2.06. The largest absolute Gasteiger partial charge is 0.494 e. The van der Waals surface area contributed by atoms with Crippen molar-refractivity contribution in [1.82, 2.24) is 0 Å². The molecule has 1 aliphatic rings. The third kappa shape index (κ3) is 4.52. The van der Waals surface area contributed by atoms with E-state index in [9.17, 15) is 14.4 Å². The maximum absolute atomic E-state index is 12.3. The van der Waals surface area contributed by atoms with E-state index in [0.29, 0.717) is 16.9 Å². The van der Waals surface area contributed by atoms with Crippen LogP contribution < -0.4 is 0 Å². The van der Waals surface area contributed by atoms with Crippen molar-refractivity contribution in [3.8, 4) is 0 Å². The van der Waals surface area contributed by atoms with Gasteiger partial charge in [0.25, 0.3) is 0 Å². The highest BCUT2D eigenvalue weighted by Gasteiger charge is 2.23. The molecule has 0 bridgehead atoms. The van der Waals surface area contributed by atoms with E-state index in [4.69, 9.17) is 9.47 Å². The first-order valence-corrected chi connectivity index (χ1v) is 7.48. The molecular formula is C19H18O5. The normalized spacial score (nSPS) is 13.6. The van der Waals surface area contributed by atoms with Gasteiger partial charge >= 0.3 is 5.97 Å². The number of carbonyl (C=O) groups is 3. The quantitative estimate of drug-likeness (QED) is 0.253. The van der Waals surface area contributed by atoms with Gasteiger partial charge in [-0.1, -0.05) is 36.9 Å². The van der Waals surface area contributed by atoms with Crippen LogP contribution in [0.5, 0.6) is 0 Å². The van der Waals surface area contributed by atoms with E-state index in [0.717, 1.165) is 0 Å². The monoisotopic (exact) mass is 326 g/mol. The van der Waals surface area contributed by atoms with Gasteiger partial charge in [-0.15, -0.1) is 0 Å². The van der Waals surface area contributed by atoms with Crippen molar-refractivity contribution in [3.63, 3.8) is 0 Å². The smallest absolute Gasteiger partial charge is 0.333 e. The van der Waals surface area contributed by atoms with Crippen molar-refractivity contribution >= 4 is 17.5 Å². The molecule has 0 N–H and O–H groups in total. The molecule has 0 unspecified atom stereocenters. The standard InChI is InChI=1S/C19H18O5/c1-13(2)19(22)24-11-10-23-15-8-9-16(17(20)12-15)18(21)14-6-4-3-5-7-14/h3-9H,1,10-12H2,2H3. The van der Waals surface area contributed by atoms with Crippen LogP contribution in [0, 0.1) is 0 Å². The van der Waals surface area contributed by atoms with E-state index < -0.39 is 5.97 Å². The molecule has 0 heterocycles. The summed E-state index contributed by atoms with van der Waals surface area (Å²) in [5.74, 6) is -0.634. The first kappa shape index (κ1) is 17.4. The van der Waals surface area contributed by atoms with Crippen molar-refractivity contribution in [3.05, 3.63) is 71.5 Å². The lowest BCUT2D eigenvalue weighted by atomic mass is 9.94. The molecule has 1 aromatic carbocycles. The highest BCUT2D eigenvalue weighted by molar-refractivity contribution is 6.27. The summed E-state index contributed by atoms with van der Waals surface area (Å²) in [5.41, 5.74) is 0.929. The summed E-state index contributed by atoms with van der Waals surface area (Å²) < 4.78 is 10.3. The van der Waals surface area contributed by atoms with Gasteiger partial charge in [0.15, 0.2) is 11.6 Å². The van der Waals surface area contributed by atoms with Crippen LogP contribution in [0.25, 0.3) is 0 Å². The maximum Gasteiger partial charge on any atom is 0.333 e. The van der Waals surface area contributed by atoms with Crippen molar-refractivity contribution in [2.24, 2.45) is 0 Å². The molecule has 0 amide bonds. The lowest BCUT2D eigenvalue weighted by Gasteiger charge is -2.14. The highest BCUT2D eigenvalue weighted by atomic mass is 16.6. The number of esters is 1. The minimum atomic E-state index is -0.483. The van der Waals surface area contributed by atoms with Gasteiger partial charge in [0.05, 0.1) is 12.0 Å². The first-order chi connectivity index (χ1) is 11.5. The molecule has 5 nitrogen and oxygen atoms in total. The average molecular weight is 326 g/mol. The first-order valence-electron chi connectivity index (χ1n) is 7.48. The van der Waals surface area contributed by atoms with Gasteiger partial charge in [-0.25, -0.2) is 4.79 Å². The minimum Gasteiger partial charge on any atom is -0.494 e. The summed E-state index contributed by atoms with van der Waals surface area (Å²) in [5, 5.41) is 0. The number of hydrogen-bond acceptors (Lipinski definition) is 5. The molecule has 24 heavy (non-hydrogen) atoms. The van der Waals surface area contributed by atoms with Crippen molar-refractivity contribution in [2.75, 3.05) is 13.2 Å². The molecule has 0 aromatic heterocycles. The molecule has 0 spiro atoms. The number of Topliss-reactive ketones (excluding diaryl/α,β-unsaturated/α-hetero) is 2. The Morgan fingerprint density at radius 1 is 1.12 bits per heavy atom. The van der Waals surface area contributed by atoms with Gasteiger partial charge in [0.1, 0.15) is 19.0 Å². The molecule has 0 atom stereocenters. The number of benzene rings is 1. The second-order valence-corrected chi connectivity index (χ2v) is 5.27. The van der Waals surface area contributed by atoms with Crippen LogP contribution in [-0.2, 0) is 19.1 Å². The second-order valence-electron chi connectivity index (χ2n) is 5.27. The van der Waals surface area contributed by atoms with E-state index in [-0.39, 0.29) is 36.8 Å². The molecule has 0 aliphatic heterocycles. The van der Waals surface area contributed by atoms with Gasteiger partial charge in [0, 0.05) is 11.1 Å². The Kier molecular flexibility index (Phi) is 5.84. The molecule has 5 heteroatoms. The number of ether oxygens (including phenoxy) is 2. The van der Waals surface area contributed by atoms with Crippen LogP contribution in [0.4, 0.5) is 0 Å². The number of carbonyl (C=O) groups excluding carboxylic acids is 3. The predicted octanol–water partition coefficient (Wildman–Crippen LogP) is 2.79. The Morgan fingerprint density at radius 3 is 2.46 bits per heavy atom. The number of rotatable bonds is 7. The zero-order chi connectivity index (χ0) is 17.5. The molecule has 124 valence electrons. The summed E-state index contributed by atoms with van der Waals surface area (Å²) in [6.45, 7) is 5.23. The number of hydrogen-bond donors (Lipinski definition) is 0. The lowest BCUT2D eigenvalue weighted by molar-refractivity contribution is -0.140. The number of allylic oxidation sites excluding steroid dienone is 4. The van der Waals surface area contributed by atoms with Crippen molar-refractivity contribution in [1.29, 1.82) is 0 Å². The van der Waals surface area contributed by atoms with Crippen LogP contribution in [0.2, 0.25) is 0 Å². The number of ketones is 2. The summed E-state index contributed by atoms with van der Waals surface area (Å²) >= 11 is 0. The Balaban J connectivity index is 1.92. The van der Waals surface area contributed by atoms with E-state index in [2.05, 4.69) is 6.58 Å². The minimum absolute atomic E-state index is 0.0127. The Labute approximate surface area is 140 Å². The Bertz CT molecular complexity index is 725. The summed E-state index contributed by atoms with van der Waals surface area (Å²) in [7, 11) is 0. The zero-order valence-corrected chi connectivity index (χ0v) is 13.4. The van der Waals surface area contributed by atoms with E-state index in [1.807, 2.05) is 0 Å². The van der Waals surface area contributed by atoms with Crippen molar-refractivity contribution < 1.29 is 23.9 Å². The molecule has 1 aliphatic carbocycles. The molecule has 0 saturated carbocycles. The van der Waals surface area contributed by atoms with E-state index in [1.165, 1.54) is 6.08 Å². The molecule has 0 radical (unpaired) electrons. The highest BCUT2D eigenvalue weighted by Crippen LogP contribution is 2.19. The van der Waals surface area contributed by atoms with Crippen LogP contribution in [0.1, 0.15) is 23.7 Å². The van der Waals surface area contributed by atoms with Gasteiger partial charge < -0.3 is 9.47 Å². The molecule has 0 fully saturated rings. The predicted molar refractivity (Wildman–Crippen MR) is 88.3 cm³/mol. The lowest BCUT2D eigenvalue weighted by Crippen LogP contribution is -2.18. The van der Waals surface area contributed by atoms with Crippen molar-refractivity contribution in [2.45, 2.75) is 13.3 Å². The van der Waals surface area contributed by atoms with Crippen LogP contribution >= 0.6 is 0 Å². The average Bonchev–Trinajstić information content (AvgIpc) is 2.58. The second kappa shape index (κ2) is 8.06. The zero-order valence-electron chi connectivity index (χ0n) is 13.4. The Hall–Kier alpha value is -2.95. The van der Waals surface area contributed by atoms with E-state index in [1.54, 1.807) is 43.3 Å². The fourth-order valence-electron chi connectivity index (χ4n) is 2.06. The molecule has 0 saturated heterocycles. The van der Waals surface area contributed by atoms with Crippen LogP contribution in [-0.4, -0.2) is 30.7 Å². The Morgan fingerprint density at radius 2 is 1.83 bits per heavy atom. The summed E-state index contributed by atoms with van der Waals surface area (Å²) in [6, 6.07) is 8.64. The molecular weight excluding hydrogens is 308 g/mol.